The molecule has 4 aromatic carbocycles. The summed E-state index contributed by atoms with van der Waals surface area (Å²) in [7, 11) is -2.26. The van der Waals surface area contributed by atoms with E-state index in [-0.39, 0.29) is 18.3 Å². The summed E-state index contributed by atoms with van der Waals surface area (Å²) >= 11 is 0. The molecule has 35 heavy (non-hydrogen) atoms. The van der Waals surface area contributed by atoms with E-state index in [0.29, 0.717) is 0 Å². The van der Waals surface area contributed by atoms with Gasteiger partial charge in [0, 0.05) is 0 Å². The van der Waals surface area contributed by atoms with Crippen LogP contribution in [0.3, 0.4) is 0 Å². The van der Waals surface area contributed by atoms with Gasteiger partial charge < -0.3 is 9.31 Å². The van der Waals surface area contributed by atoms with Gasteiger partial charge in [-0.3, -0.25) is 0 Å². The summed E-state index contributed by atoms with van der Waals surface area (Å²) in [5.74, 6) is 0. The Balaban J connectivity index is 1.56. The smallest absolute Gasteiger partial charge is 0.399 e. The molecule has 0 spiro atoms. The lowest BCUT2D eigenvalue weighted by Crippen LogP contribution is -2.41. The molecule has 1 heterocycles. The lowest BCUT2D eigenvalue weighted by Gasteiger charge is -2.32. The molecule has 4 heteroatoms. The maximum Gasteiger partial charge on any atom is 0.494 e. The molecule has 5 rings (SSSR count). The van der Waals surface area contributed by atoms with E-state index in [1.807, 2.05) is 0 Å². The minimum atomic E-state index is -1.92. The highest BCUT2D eigenvalue weighted by Gasteiger charge is 2.52. The van der Waals surface area contributed by atoms with Crippen molar-refractivity contribution in [1.29, 1.82) is 0 Å². The first kappa shape index (κ1) is 24.0. The monoisotopic (exact) mass is 479 g/mol. The fourth-order valence-corrected chi connectivity index (χ4v) is 9.05. The van der Waals surface area contributed by atoms with Crippen LogP contribution < -0.4 is 21.4 Å². The van der Waals surface area contributed by atoms with Gasteiger partial charge in [0.1, 0.15) is 23.2 Å². The van der Waals surface area contributed by atoms with Crippen LogP contribution in [0.4, 0.5) is 0 Å². The summed E-state index contributed by atoms with van der Waals surface area (Å²) in [5.41, 5.74) is 1.70. The average molecular weight is 479 g/mol. The average Bonchev–Trinajstić information content (AvgIpc) is 3.11. The molecule has 0 aromatic heterocycles. The number of hydrogen-bond donors (Lipinski definition) is 0. The highest BCUT2D eigenvalue weighted by Crippen LogP contribution is 2.58. The molecule has 176 valence electrons. The molecule has 0 unspecified atom stereocenters. The largest absolute Gasteiger partial charge is 0.494 e. The summed E-state index contributed by atoms with van der Waals surface area (Å²) in [6, 6.07) is 41.9. The van der Waals surface area contributed by atoms with Crippen molar-refractivity contribution >= 4 is 35.8 Å². The second-order valence-corrected chi connectivity index (χ2v) is 13.8. The summed E-state index contributed by atoms with van der Waals surface area (Å²) in [5, 5.41) is 4.19. The Morgan fingerprint density at radius 2 is 0.914 bits per heavy atom. The Morgan fingerprint density at radius 3 is 1.29 bits per heavy atom. The van der Waals surface area contributed by atoms with Crippen molar-refractivity contribution in [2.45, 2.75) is 45.1 Å². The summed E-state index contributed by atoms with van der Waals surface area (Å²) < 4.78 is 12.6. The van der Waals surface area contributed by atoms with Crippen LogP contribution in [0.2, 0.25) is 0 Å². The van der Waals surface area contributed by atoms with Gasteiger partial charge in [0.2, 0.25) is 0 Å². The van der Waals surface area contributed by atoms with E-state index in [1.165, 1.54) is 21.5 Å². The van der Waals surface area contributed by atoms with E-state index < -0.39 is 7.26 Å². The van der Waals surface area contributed by atoms with Crippen LogP contribution in [0.5, 0.6) is 0 Å². The van der Waals surface area contributed by atoms with E-state index in [2.05, 4.69) is 143 Å². The van der Waals surface area contributed by atoms with Crippen molar-refractivity contribution in [3.8, 4) is 0 Å². The first-order valence-electron chi connectivity index (χ1n) is 12.3. The zero-order valence-corrected chi connectivity index (χ0v) is 21.9. The van der Waals surface area contributed by atoms with Crippen molar-refractivity contribution in [2.75, 3.05) is 0 Å². The SMILES string of the molecule is CC1(C)OB(c2ccc(C[P+](c3ccccc3)(c3ccccc3)c3ccccc3)cc2)OC1(C)C. The quantitative estimate of drug-likeness (QED) is 0.269. The molecule has 0 saturated carbocycles. The molecular weight excluding hydrogens is 446 g/mol. The maximum absolute atomic E-state index is 6.28. The number of hydrogen-bond acceptors (Lipinski definition) is 2. The fourth-order valence-electron chi connectivity index (χ4n) is 4.80. The lowest BCUT2D eigenvalue weighted by molar-refractivity contribution is 0.00578. The van der Waals surface area contributed by atoms with E-state index in [9.17, 15) is 0 Å². The Morgan fingerprint density at radius 1 is 0.543 bits per heavy atom. The van der Waals surface area contributed by atoms with Crippen molar-refractivity contribution in [1.82, 2.24) is 0 Å². The Labute approximate surface area is 210 Å². The normalized spacial score (nSPS) is 16.9. The third kappa shape index (κ3) is 4.50. The maximum atomic E-state index is 6.28. The highest BCUT2D eigenvalue weighted by molar-refractivity contribution is 7.95. The lowest BCUT2D eigenvalue weighted by atomic mass is 9.79. The van der Waals surface area contributed by atoms with Gasteiger partial charge in [-0.15, -0.1) is 0 Å². The summed E-state index contributed by atoms with van der Waals surface area (Å²) in [4.78, 5) is 0. The zero-order chi connectivity index (χ0) is 24.5. The van der Waals surface area contributed by atoms with Crippen molar-refractivity contribution in [3.05, 3.63) is 121 Å². The van der Waals surface area contributed by atoms with E-state index in [1.54, 1.807) is 0 Å². The van der Waals surface area contributed by atoms with Gasteiger partial charge in [-0.2, -0.15) is 0 Å². The Kier molecular flexibility index (Phi) is 6.44. The molecule has 1 aliphatic heterocycles. The topological polar surface area (TPSA) is 18.5 Å². The summed E-state index contributed by atoms with van der Waals surface area (Å²) in [6.07, 6.45) is 0.953. The third-order valence-electron chi connectivity index (χ3n) is 7.52. The first-order valence-corrected chi connectivity index (χ1v) is 14.3. The van der Waals surface area contributed by atoms with E-state index >= 15 is 0 Å². The molecule has 1 fully saturated rings. The molecule has 1 aliphatic rings. The van der Waals surface area contributed by atoms with Crippen LogP contribution in [-0.4, -0.2) is 18.3 Å². The predicted octanol–water partition coefficient (Wildman–Crippen LogP) is 5.48. The standard InChI is InChI=1S/C31H33BO2P/c1-30(2)31(3,4)34-32(33-30)26-22-20-25(21-23-26)24-35(27-14-8-5-9-15-27,28-16-10-6-11-17-28)29-18-12-7-13-19-29/h5-23H,24H2,1-4H3/q+1. The van der Waals surface area contributed by atoms with Gasteiger partial charge in [0.25, 0.3) is 0 Å². The second-order valence-electron chi connectivity index (χ2n) is 10.3. The minimum Gasteiger partial charge on any atom is -0.399 e. The van der Waals surface area contributed by atoms with Crippen LogP contribution >= 0.6 is 7.26 Å². The van der Waals surface area contributed by atoms with Crippen LogP contribution in [0, 0.1) is 0 Å². The molecule has 4 aromatic rings. The number of rotatable bonds is 6. The molecule has 1 saturated heterocycles. The predicted molar refractivity (Wildman–Crippen MR) is 151 cm³/mol. The molecule has 0 aliphatic carbocycles. The molecule has 0 amide bonds. The highest BCUT2D eigenvalue weighted by atomic mass is 31.2. The molecule has 0 bridgehead atoms. The van der Waals surface area contributed by atoms with Gasteiger partial charge in [-0.25, -0.2) is 0 Å². The molecule has 0 N–H and O–H groups in total. The Hall–Kier alpha value is -2.71. The van der Waals surface area contributed by atoms with Gasteiger partial charge in [0.15, 0.2) is 0 Å². The van der Waals surface area contributed by atoms with E-state index in [0.717, 1.165) is 11.6 Å². The molecule has 2 nitrogen and oxygen atoms in total. The van der Waals surface area contributed by atoms with Crippen LogP contribution in [0.25, 0.3) is 0 Å². The van der Waals surface area contributed by atoms with Gasteiger partial charge in [-0.05, 0) is 75.1 Å². The molecular formula is C31H33BO2P+. The van der Waals surface area contributed by atoms with Crippen LogP contribution in [0.15, 0.2) is 115 Å². The zero-order valence-electron chi connectivity index (χ0n) is 21.0. The third-order valence-corrected chi connectivity index (χ3v) is 11.9. The Bertz CT molecular complexity index is 1140. The first-order chi connectivity index (χ1) is 16.8. The van der Waals surface area contributed by atoms with Gasteiger partial charge >= 0.3 is 7.12 Å². The van der Waals surface area contributed by atoms with Crippen LogP contribution in [0.1, 0.15) is 33.3 Å². The van der Waals surface area contributed by atoms with Gasteiger partial charge in [0.05, 0.1) is 17.4 Å². The molecule has 0 atom stereocenters. The van der Waals surface area contributed by atoms with E-state index in [4.69, 9.17) is 9.31 Å². The fraction of sp³-hybridized carbons (Fsp3) is 0.226. The second kappa shape index (κ2) is 9.39. The van der Waals surface area contributed by atoms with Gasteiger partial charge in [-0.1, -0.05) is 78.9 Å². The van der Waals surface area contributed by atoms with Crippen LogP contribution in [-0.2, 0) is 15.5 Å². The number of benzene rings is 4. The minimum absolute atomic E-state index is 0.342. The van der Waals surface area contributed by atoms with Crippen molar-refractivity contribution in [3.63, 3.8) is 0 Å². The summed E-state index contributed by atoms with van der Waals surface area (Å²) in [6.45, 7) is 8.39. The van der Waals surface area contributed by atoms with Crippen molar-refractivity contribution < 1.29 is 9.31 Å². The molecule has 0 radical (unpaired) electrons. The van der Waals surface area contributed by atoms with Crippen molar-refractivity contribution in [2.24, 2.45) is 0 Å².